The van der Waals surface area contributed by atoms with Crippen molar-refractivity contribution in [3.8, 4) is 11.5 Å². The van der Waals surface area contributed by atoms with E-state index in [0.29, 0.717) is 19.0 Å². The van der Waals surface area contributed by atoms with Gasteiger partial charge in [-0.2, -0.15) is 4.31 Å². The molecule has 0 radical (unpaired) electrons. The molecule has 0 aromatic heterocycles. The van der Waals surface area contributed by atoms with Gasteiger partial charge in [0.05, 0.1) is 25.2 Å². The Morgan fingerprint density at radius 3 is 2.42 bits per heavy atom. The van der Waals surface area contributed by atoms with Gasteiger partial charge in [0.25, 0.3) is 0 Å². The highest BCUT2D eigenvalue weighted by molar-refractivity contribution is 7.89. The van der Waals surface area contributed by atoms with Crippen LogP contribution in [0.2, 0.25) is 0 Å². The van der Waals surface area contributed by atoms with Crippen molar-refractivity contribution in [3.05, 3.63) is 54.1 Å². The Bertz CT molecular complexity index is 876. The third-order valence-electron chi connectivity index (χ3n) is 3.95. The Morgan fingerprint density at radius 1 is 1.08 bits per heavy atom. The normalized spacial score (nSPS) is 15.4. The van der Waals surface area contributed by atoms with Crippen LogP contribution in [0.5, 0.6) is 11.5 Å². The Morgan fingerprint density at radius 2 is 1.77 bits per heavy atom. The summed E-state index contributed by atoms with van der Waals surface area (Å²) < 4.78 is 42.6. The van der Waals surface area contributed by atoms with Crippen LogP contribution in [-0.2, 0) is 14.8 Å². The van der Waals surface area contributed by atoms with Crippen molar-refractivity contribution in [2.75, 3.05) is 33.4 Å². The Hall–Kier alpha value is -2.42. The number of methoxy groups -OCH3 is 1. The molecule has 1 aliphatic rings. The number of benzene rings is 2. The van der Waals surface area contributed by atoms with Crippen LogP contribution in [0.15, 0.2) is 53.4 Å². The molecule has 138 valence electrons. The third-order valence-corrected chi connectivity index (χ3v) is 5.85. The summed E-state index contributed by atoms with van der Waals surface area (Å²) in [6, 6.07) is 12.7. The van der Waals surface area contributed by atoms with E-state index < -0.39 is 16.0 Å². The van der Waals surface area contributed by atoms with Gasteiger partial charge in [0, 0.05) is 13.1 Å². The van der Waals surface area contributed by atoms with E-state index in [-0.39, 0.29) is 29.3 Å². The van der Waals surface area contributed by atoms with Gasteiger partial charge in [0.1, 0.15) is 17.1 Å². The second-order valence-corrected chi connectivity index (χ2v) is 7.52. The number of sulfonamides is 1. The van der Waals surface area contributed by atoms with Gasteiger partial charge >= 0.3 is 5.97 Å². The van der Waals surface area contributed by atoms with Crippen molar-refractivity contribution in [3.63, 3.8) is 0 Å². The van der Waals surface area contributed by atoms with E-state index in [0.717, 1.165) is 0 Å². The van der Waals surface area contributed by atoms with Gasteiger partial charge in [-0.1, -0.05) is 18.2 Å². The van der Waals surface area contributed by atoms with Crippen LogP contribution >= 0.6 is 0 Å². The lowest BCUT2D eigenvalue weighted by molar-refractivity contribution is 0.0725. The molecule has 1 fully saturated rings. The van der Waals surface area contributed by atoms with Gasteiger partial charge in [0.15, 0.2) is 0 Å². The number of hydrogen-bond acceptors (Lipinski definition) is 6. The number of ether oxygens (including phenoxy) is 3. The molecule has 0 spiro atoms. The number of hydrogen-bond donors (Lipinski definition) is 0. The number of carbonyl (C=O) groups excluding carboxylic acids is 1. The molecular formula is C18H19NO6S. The summed E-state index contributed by atoms with van der Waals surface area (Å²) in [7, 11) is -2.32. The highest BCUT2D eigenvalue weighted by atomic mass is 32.2. The number of carbonyl (C=O) groups is 1. The summed E-state index contributed by atoms with van der Waals surface area (Å²) in [5, 5.41) is 0. The standard InChI is InChI=1S/C18H19NO6S/c1-23-17-8-7-15(26(21,22)19-9-11-24-12-10-19)13-16(17)18(20)25-14-5-3-2-4-6-14/h2-8,13H,9-12H2,1H3. The first kappa shape index (κ1) is 18.4. The van der Waals surface area contributed by atoms with Gasteiger partial charge in [-0.05, 0) is 30.3 Å². The second-order valence-electron chi connectivity index (χ2n) is 5.58. The third kappa shape index (κ3) is 3.87. The maximum atomic E-state index is 12.8. The Kier molecular flexibility index (Phi) is 5.55. The quantitative estimate of drug-likeness (QED) is 0.585. The van der Waals surface area contributed by atoms with Crippen molar-refractivity contribution < 1.29 is 27.4 Å². The lowest BCUT2D eigenvalue weighted by atomic mass is 10.2. The number of rotatable bonds is 5. The van der Waals surface area contributed by atoms with Crippen LogP contribution in [0.1, 0.15) is 10.4 Å². The van der Waals surface area contributed by atoms with Crippen LogP contribution in [0.4, 0.5) is 0 Å². The minimum absolute atomic E-state index is 0.0141. The molecule has 1 saturated heterocycles. The number of para-hydroxylation sites is 1. The highest BCUT2D eigenvalue weighted by Gasteiger charge is 2.28. The second kappa shape index (κ2) is 7.86. The average Bonchev–Trinajstić information content (AvgIpc) is 2.69. The van der Waals surface area contributed by atoms with Crippen LogP contribution in [0.25, 0.3) is 0 Å². The monoisotopic (exact) mass is 377 g/mol. The molecule has 26 heavy (non-hydrogen) atoms. The summed E-state index contributed by atoms with van der Waals surface area (Å²) in [5.74, 6) is -0.0834. The molecule has 2 aromatic carbocycles. The zero-order chi connectivity index (χ0) is 18.6. The van der Waals surface area contributed by atoms with Crippen LogP contribution < -0.4 is 9.47 Å². The van der Waals surface area contributed by atoms with Crippen LogP contribution in [0.3, 0.4) is 0 Å². The summed E-state index contributed by atoms with van der Waals surface area (Å²) >= 11 is 0. The smallest absolute Gasteiger partial charge is 0.347 e. The van der Waals surface area contributed by atoms with Crippen molar-refractivity contribution in [1.29, 1.82) is 0 Å². The predicted octanol–water partition coefficient (Wildman–Crippen LogP) is 1.94. The molecule has 3 rings (SSSR count). The predicted molar refractivity (Wildman–Crippen MR) is 94.0 cm³/mol. The molecular weight excluding hydrogens is 358 g/mol. The van der Waals surface area contributed by atoms with E-state index >= 15 is 0 Å². The SMILES string of the molecule is COc1ccc(S(=O)(=O)N2CCOCC2)cc1C(=O)Oc1ccccc1. The molecule has 7 nitrogen and oxygen atoms in total. The van der Waals surface area contributed by atoms with Crippen molar-refractivity contribution in [2.24, 2.45) is 0 Å². The van der Waals surface area contributed by atoms with E-state index in [1.807, 2.05) is 0 Å². The van der Waals surface area contributed by atoms with Crippen LogP contribution in [-0.4, -0.2) is 52.1 Å². The molecule has 0 N–H and O–H groups in total. The van der Waals surface area contributed by atoms with Crippen molar-refractivity contribution >= 4 is 16.0 Å². The first-order valence-corrected chi connectivity index (χ1v) is 9.49. The highest BCUT2D eigenvalue weighted by Crippen LogP contribution is 2.26. The number of morpholine rings is 1. The summed E-state index contributed by atoms with van der Waals surface area (Å²) in [5.41, 5.74) is 0.0469. The minimum Gasteiger partial charge on any atom is -0.496 e. The molecule has 0 amide bonds. The largest absolute Gasteiger partial charge is 0.496 e. The maximum Gasteiger partial charge on any atom is 0.347 e. The molecule has 1 aliphatic heterocycles. The molecule has 0 saturated carbocycles. The molecule has 0 atom stereocenters. The fourth-order valence-corrected chi connectivity index (χ4v) is 4.03. The zero-order valence-electron chi connectivity index (χ0n) is 14.3. The lowest BCUT2D eigenvalue weighted by Gasteiger charge is -2.26. The molecule has 0 bridgehead atoms. The summed E-state index contributed by atoms with van der Waals surface area (Å²) in [6.45, 7) is 1.24. The fourth-order valence-electron chi connectivity index (χ4n) is 2.59. The Labute approximate surface area is 152 Å². The minimum atomic E-state index is -3.73. The lowest BCUT2D eigenvalue weighted by Crippen LogP contribution is -2.40. The van der Waals surface area contributed by atoms with E-state index in [2.05, 4.69) is 0 Å². The van der Waals surface area contributed by atoms with Gasteiger partial charge in [-0.25, -0.2) is 13.2 Å². The first-order chi connectivity index (χ1) is 12.5. The number of nitrogens with zero attached hydrogens (tertiary/aromatic N) is 1. The fraction of sp³-hybridized carbons (Fsp3) is 0.278. The van der Waals surface area contributed by atoms with Crippen molar-refractivity contribution in [2.45, 2.75) is 4.90 Å². The summed E-state index contributed by atoms with van der Waals surface area (Å²) in [6.07, 6.45) is 0. The molecule has 0 unspecified atom stereocenters. The van der Waals surface area contributed by atoms with Gasteiger partial charge in [-0.15, -0.1) is 0 Å². The Balaban J connectivity index is 1.92. The molecule has 2 aromatic rings. The molecule has 8 heteroatoms. The van der Waals surface area contributed by atoms with Crippen LogP contribution in [0, 0.1) is 0 Å². The van der Waals surface area contributed by atoms with Gasteiger partial charge in [0.2, 0.25) is 10.0 Å². The van der Waals surface area contributed by atoms with Crippen molar-refractivity contribution in [1.82, 2.24) is 4.31 Å². The zero-order valence-corrected chi connectivity index (χ0v) is 15.1. The van der Waals surface area contributed by atoms with E-state index in [1.165, 1.54) is 29.6 Å². The van der Waals surface area contributed by atoms with Gasteiger partial charge in [-0.3, -0.25) is 0 Å². The van der Waals surface area contributed by atoms with E-state index in [4.69, 9.17) is 14.2 Å². The average molecular weight is 377 g/mol. The van der Waals surface area contributed by atoms with Gasteiger partial charge < -0.3 is 14.2 Å². The summed E-state index contributed by atoms with van der Waals surface area (Å²) in [4.78, 5) is 12.5. The molecule has 1 heterocycles. The van der Waals surface area contributed by atoms with E-state index in [1.54, 1.807) is 30.3 Å². The van der Waals surface area contributed by atoms with E-state index in [9.17, 15) is 13.2 Å². The topological polar surface area (TPSA) is 82.1 Å². The maximum absolute atomic E-state index is 12.8. The first-order valence-electron chi connectivity index (χ1n) is 8.05. The molecule has 0 aliphatic carbocycles. The number of esters is 1.